The van der Waals surface area contributed by atoms with Crippen molar-refractivity contribution < 1.29 is 14.4 Å². The molecule has 2 aliphatic rings. The molecule has 3 amide bonds. The Bertz CT molecular complexity index is 910. The molecule has 138 valence electrons. The highest BCUT2D eigenvalue weighted by atomic mass is 35.5. The minimum absolute atomic E-state index is 0.178. The second-order valence-corrected chi connectivity index (χ2v) is 6.82. The Labute approximate surface area is 161 Å². The summed E-state index contributed by atoms with van der Waals surface area (Å²) < 4.78 is 0. The van der Waals surface area contributed by atoms with Crippen molar-refractivity contribution >= 4 is 35.1 Å². The standard InChI is InChI=1S/C19H17ClN4O3/c20-14-5-3-4-13-17(14)19(27)24(18(13)26)12-16(25)23-10-8-22(9-11-23)15-6-1-2-7-21-15/h1-7H,8-12H2. The van der Waals surface area contributed by atoms with E-state index in [0.717, 1.165) is 10.7 Å². The first-order valence-corrected chi connectivity index (χ1v) is 9.02. The quantitative estimate of drug-likeness (QED) is 0.753. The van der Waals surface area contributed by atoms with Crippen molar-refractivity contribution in [3.05, 3.63) is 58.7 Å². The smallest absolute Gasteiger partial charge is 0.263 e. The highest BCUT2D eigenvalue weighted by molar-refractivity contribution is 6.37. The van der Waals surface area contributed by atoms with Crippen molar-refractivity contribution in [1.82, 2.24) is 14.8 Å². The SMILES string of the molecule is O=C(CN1C(=O)c2cccc(Cl)c2C1=O)N1CCN(c2ccccn2)CC1. The number of hydrogen-bond acceptors (Lipinski definition) is 5. The van der Waals surface area contributed by atoms with Gasteiger partial charge in [-0.1, -0.05) is 23.7 Å². The van der Waals surface area contributed by atoms with E-state index in [-0.39, 0.29) is 28.6 Å². The number of amides is 3. The van der Waals surface area contributed by atoms with Crippen LogP contribution in [0.2, 0.25) is 5.02 Å². The number of piperazine rings is 1. The van der Waals surface area contributed by atoms with Crippen LogP contribution >= 0.6 is 11.6 Å². The van der Waals surface area contributed by atoms with Gasteiger partial charge in [-0.3, -0.25) is 19.3 Å². The molecule has 1 saturated heterocycles. The van der Waals surface area contributed by atoms with Crippen LogP contribution in [0.1, 0.15) is 20.7 Å². The normalized spacial score (nSPS) is 16.7. The molecule has 0 radical (unpaired) electrons. The van der Waals surface area contributed by atoms with Crippen LogP contribution in [0.3, 0.4) is 0 Å². The van der Waals surface area contributed by atoms with E-state index in [0.29, 0.717) is 26.2 Å². The predicted octanol–water partition coefficient (Wildman–Crippen LogP) is 1.68. The van der Waals surface area contributed by atoms with E-state index >= 15 is 0 Å². The highest BCUT2D eigenvalue weighted by Gasteiger charge is 2.39. The molecule has 1 aromatic carbocycles. The average Bonchev–Trinajstić information content (AvgIpc) is 2.94. The summed E-state index contributed by atoms with van der Waals surface area (Å²) in [6.45, 7) is 2.05. The molecular weight excluding hydrogens is 368 g/mol. The summed E-state index contributed by atoms with van der Waals surface area (Å²) in [6.07, 6.45) is 1.74. The molecule has 0 aliphatic carbocycles. The number of fused-ring (bicyclic) bond motifs is 1. The molecule has 1 aromatic heterocycles. The Morgan fingerprint density at radius 3 is 2.44 bits per heavy atom. The lowest BCUT2D eigenvalue weighted by atomic mass is 10.1. The first-order valence-electron chi connectivity index (χ1n) is 8.64. The molecule has 2 aliphatic heterocycles. The molecule has 4 rings (SSSR count). The largest absolute Gasteiger partial charge is 0.353 e. The molecule has 0 unspecified atom stereocenters. The molecule has 2 aromatic rings. The van der Waals surface area contributed by atoms with Gasteiger partial charge in [-0.2, -0.15) is 0 Å². The van der Waals surface area contributed by atoms with Crippen LogP contribution in [0, 0.1) is 0 Å². The average molecular weight is 385 g/mol. The van der Waals surface area contributed by atoms with Crippen LogP contribution in [0.25, 0.3) is 0 Å². The zero-order valence-electron chi connectivity index (χ0n) is 14.5. The van der Waals surface area contributed by atoms with E-state index in [1.807, 2.05) is 18.2 Å². The molecular formula is C19H17ClN4O3. The van der Waals surface area contributed by atoms with Gasteiger partial charge in [0, 0.05) is 32.4 Å². The maximum Gasteiger partial charge on any atom is 0.263 e. The molecule has 1 fully saturated rings. The van der Waals surface area contributed by atoms with Crippen molar-refractivity contribution in [2.24, 2.45) is 0 Å². The molecule has 0 saturated carbocycles. The summed E-state index contributed by atoms with van der Waals surface area (Å²) in [5.41, 5.74) is 0.428. The minimum Gasteiger partial charge on any atom is -0.353 e. The molecule has 7 nitrogen and oxygen atoms in total. The van der Waals surface area contributed by atoms with Gasteiger partial charge in [0.05, 0.1) is 16.1 Å². The lowest BCUT2D eigenvalue weighted by Gasteiger charge is -2.35. The molecule has 0 spiro atoms. The van der Waals surface area contributed by atoms with Crippen LogP contribution in [0.5, 0.6) is 0 Å². The van der Waals surface area contributed by atoms with Crippen LogP contribution < -0.4 is 4.90 Å². The summed E-state index contributed by atoms with van der Waals surface area (Å²) in [6, 6.07) is 10.4. The summed E-state index contributed by atoms with van der Waals surface area (Å²) in [4.78, 5) is 46.7. The molecule has 3 heterocycles. The summed E-state index contributed by atoms with van der Waals surface area (Å²) >= 11 is 6.05. The fourth-order valence-corrected chi connectivity index (χ4v) is 3.65. The van der Waals surface area contributed by atoms with Crippen molar-refractivity contribution in [2.75, 3.05) is 37.6 Å². The van der Waals surface area contributed by atoms with Gasteiger partial charge >= 0.3 is 0 Å². The Hall–Kier alpha value is -2.93. The lowest BCUT2D eigenvalue weighted by molar-refractivity contribution is -0.131. The number of halogens is 1. The van der Waals surface area contributed by atoms with Crippen molar-refractivity contribution in [3.63, 3.8) is 0 Å². The summed E-state index contributed by atoms with van der Waals surface area (Å²) in [5.74, 6) is -0.361. The van der Waals surface area contributed by atoms with E-state index in [2.05, 4.69) is 9.88 Å². The van der Waals surface area contributed by atoms with E-state index in [9.17, 15) is 14.4 Å². The van der Waals surface area contributed by atoms with Crippen molar-refractivity contribution in [1.29, 1.82) is 0 Å². The number of anilines is 1. The molecule has 0 bridgehead atoms. The van der Waals surface area contributed by atoms with Crippen molar-refractivity contribution in [2.45, 2.75) is 0 Å². The Morgan fingerprint density at radius 1 is 1.00 bits per heavy atom. The number of nitrogens with zero attached hydrogens (tertiary/aromatic N) is 4. The first kappa shape index (κ1) is 17.5. The van der Waals surface area contributed by atoms with Gasteiger partial charge in [0.1, 0.15) is 12.4 Å². The minimum atomic E-state index is -0.513. The fourth-order valence-electron chi connectivity index (χ4n) is 3.40. The van der Waals surface area contributed by atoms with Crippen LogP contribution in [-0.2, 0) is 4.79 Å². The number of benzene rings is 1. The monoisotopic (exact) mass is 384 g/mol. The summed E-state index contributed by atoms with van der Waals surface area (Å²) in [5, 5.41) is 0.227. The maximum atomic E-state index is 12.6. The molecule has 27 heavy (non-hydrogen) atoms. The Balaban J connectivity index is 1.40. The van der Waals surface area contributed by atoms with Crippen LogP contribution in [-0.4, -0.2) is 65.2 Å². The van der Waals surface area contributed by atoms with E-state index < -0.39 is 11.8 Å². The number of carbonyl (C=O) groups excluding carboxylic acids is 3. The number of hydrogen-bond donors (Lipinski definition) is 0. The summed E-state index contributed by atoms with van der Waals surface area (Å²) in [7, 11) is 0. The van der Waals surface area contributed by atoms with E-state index in [1.54, 1.807) is 29.3 Å². The number of aromatic nitrogens is 1. The van der Waals surface area contributed by atoms with Gasteiger partial charge in [-0.25, -0.2) is 4.98 Å². The van der Waals surface area contributed by atoms with Gasteiger partial charge in [0.2, 0.25) is 5.91 Å². The molecule has 0 atom stereocenters. The third kappa shape index (κ3) is 3.14. The van der Waals surface area contributed by atoms with Gasteiger partial charge < -0.3 is 9.80 Å². The van der Waals surface area contributed by atoms with Gasteiger partial charge in [-0.15, -0.1) is 0 Å². The second-order valence-electron chi connectivity index (χ2n) is 6.41. The fraction of sp³-hybridized carbons (Fsp3) is 0.263. The van der Waals surface area contributed by atoms with Crippen molar-refractivity contribution in [3.8, 4) is 0 Å². The van der Waals surface area contributed by atoms with Gasteiger partial charge in [0.25, 0.3) is 11.8 Å². The predicted molar refractivity (Wildman–Crippen MR) is 99.8 cm³/mol. The lowest BCUT2D eigenvalue weighted by Crippen LogP contribution is -2.52. The number of pyridine rings is 1. The highest BCUT2D eigenvalue weighted by Crippen LogP contribution is 2.29. The second kappa shape index (κ2) is 7.00. The van der Waals surface area contributed by atoms with Gasteiger partial charge in [-0.05, 0) is 24.3 Å². The number of imide groups is 1. The van der Waals surface area contributed by atoms with Gasteiger partial charge in [0.15, 0.2) is 0 Å². The Morgan fingerprint density at radius 2 is 1.78 bits per heavy atom. The topological polar surface area (TPSA) is 73.8 Å². The van der Waals surface area contributed by atoms with Crippen LogP contribution in [0.4, 0.5) is 5.82 Å². The first-order chi connectivity index (χ1) is 13.1. The zero-order chi connectivity index (χ0) is 19.0. The molecule has 8 heteroatoms. The maximum absolute atomic E-state index is 12.6. The Kier molecular flexibility index (Phi) is 4.53. The number of carbonyl (C=O) groups is 3. The molecule has 0 N–H and O–H groups in total. The zero-order valence-corrected chi connectivity index (χ0v) is 15.2. The van der Waals surface area contributed by atoms with Crippen LogP contribution in [0.15, 0.2) is 42.6 Å². The number of rotatable bonds is 3. The third-order valence-corrected chi connectivity index (χ3v) is 5.16. The van der Waals surface area contributed by atoms with E-state index in [1.165, 1.54) is 0 Å². The van der Waals surface area contributed by atoms with E-state index in [4.69, 9.17) is 11.6 Å². The third-order valence-electron chi connectivity index (χ3n) is 4.85.